The Hall–Kier alpha value is -0.610. The number of rotatable bonds is 6. The molecule has 1 unspecified atom stereocenters. The lowest BCUT2D eigenvalue weighted by Crippen LogP contribution is -2.43. The van der Waals surface area contributed by atoms with E-state index in [1.54, 1.807) is 6.92 Å². The first-order valence-corrected chi connectivity index (χ1v) is 4.73. The van der Waals surface area contributed by atoms with Crippen molar-refractivity contribution < 1.29 is 9.63 Å². The van der Waals surface area contributed by atoms with Gasteiger partial charge in [-0.3, -0.25) is 4.79 Å². The average Bonchev–Trinajstić information content (AvgIpc) is 2.10. The van der Waals surface area contributed by atoms with Gasteiger partial charge in [-0.05, 0) is 19.8 Å². The summed E-state index contributed by atoms with van der Waals surface area (Å²) in [5, 5.41) is 2.81. The van der Waals surface area contributed by atoms with Crippen LogP contribution in [0.3, 0.4) is 0 Å². The van der Waals surface area contributed by atoms with Crippen LogP contribution in [0.5, 0.6) is 0 Å². The fraction of sp³-hybridized carbons (Fsp3) is 0.889. The number of carbonyl (C=O) groups is 1. The molecule has 0 aromatic carbocycles. The Balaban J connectivity index is 3.57. The van der Waals surface area contributed by atoms with Gasteiger partial charge in [-0.1, -0.05) is 13.8 Å². The quantitative estimate of drug-likeness (QED) is 0.603. The minimum atomic E-state index is -0.293. The fourth-order valence-electron chi connectivity index (χ4n) is 0.720. The zero-order valence-electron chi connectivity index (χ0n) is 8.89. The van der Waals surface area contributed by atoms with Crippen molar-refractivity contribution in [3.63, 3.8) is 0 Å². The molecule has 0 aliphatic heterocycles. The van der Waals surface area contributed by atoms with Gasteiger partial charge < -0.3 is 10.2 Å². The predicted molar refractivity (Wildman–Crippen MR) is 52.1 cm³/mol. The summed E-state index contributed by atoms with van der Waals surface area (Å²) in [4.78, 5) is 16.2. The van der Waals surface area contributed by atoms with E-state index in [4.69, 9.17) is 4.84 Å². The van der Waals surface area contributed by atoms with Crippen LogP contribution in [-0.4, -0.2) is 25.1 Å². The maximum atomic E-state index is 11.3. The molecule has 78 valence electrons. The van der Waals surface area contributed by atoms with Gasteiger partial charge >= 0.3 is 0 Å². The topological polar surface area (TPSA) is 50.4 Å². The molecule has 1 atom stereocenters. The van der Waals surface area contributed by atoms with Crippen molar-refractivity contribution in [1.82, 2.24) is 10.8 Å². The summed E-state index contributed by atoms with van der Waals surface area (Å²) in [5.41, 5.74) is 2.64. The lowest BCUT2D eigenvalue weighted by atomic mass is 10.2. The Morgan fingerprint density at radius 2 is 2.00 bits per heavy atom. The maximum Gasteiger partial charge on any atom is 0.239 e. The Bertz CT molecular complexity index is 149. The van der Waals surface area contributed by atoms with Crippen LogP contribution in [-0.2, 0) is 9.63 Å². The van der Waals surface area contributed by atoms with Crippen LogP contribution in [0.15, 0.2) is 0 Å². The van der Waals surface area contributed by atoms with Gasteiger partial charge in [-0.25, -0.2) is 0 Å². The van der Waals surface area contributed by atoms with Gasteiger partial charge in [0.2, 0.25) is 5.91 Å². The summed E-state index contributed by atoms with van der Waals surface area (Å²) in [6.07, 6.45) is 0. The van der Waals surface area contributed by atoms with E-state index < -0.39 is 0 Å². The molecule has 0 bridgehead atoms. The van der Waals surface area contributed by atoms with Gasteiger partial charge in [0.1, 0.15) is 6.04 Å². The summed E-state index contributed by atoms with van der Waals surface area (Å²) in [6.45, 7) is 9.01. The zero-order valence-corrected chi connectivity index (χ0v) is 8.89. The van der Waals surface area contributed by atoms with Crippen molar-refractivity contribution in [3.05, 3.63) is 0 Å². The van der Waals surface area contributed by atoms with Crippen molar-refractivity contribution in [1.29, 1.82) is 0 Å². The molecule has 1 amide bonds. The largest absolute Gasteiger partial charge is 0.354 e. The predicted octanol–water partition coefficient (Wildman–Crippen LogP) is 0.688. The molecular weight excluding hydrogens is 168 g/mol. The Labute approximate surface area is 80.0 Å². The minimum absolute atomic E-state index is 0.0258. The molecule has 0 heterocycles. The molecule has 13 heavy (non-hydrogen) atoms. The van der Waals surface area contributed by atoms with Crippen LogP contribution in [0, 0.1) is 5.92 Å². The third kappa shape index (κ3) is 6.54. The zero-order chi connectivity index (χ0) is 10.3. The molecule has 0 rings (SSSR count). The van der Waals surface area contributed by atoms with Gasteiger partial charge in [-0.2, -0.15) is 5.48 Å². The van der Waals surface area contributed by atoms with Gasteiger partial charge in [0.15, 0.2) is 0 Å². The Morgan fingerprint density at radius 1 is 1.38 bits per heavy atom. The Kier molecular flexibility index (Phi) is 6.54. The fourth-order valence-corrected chi connectivity index (χ4v) is 0.720. The number of carbonyl (C=O) groups excluding carboxylic acids is 1. The SMILES string of the molecule is CCONC(C)C(=O)NCC(C)C. The monoisotopic (exact) mass is 188 g/mol. The molecule has 0 aliphatic rings. The molecule has 0 spiro atoms. The van der Waals surface area contributed by atoms with E-state index in [1.807, 2.05) is 6.92 Å². The van der Waals surface area contributed by atoms with Gasteiger partial charge in [-0.15, -0.1) is 0 Å². The highest BCUT2D eigenvalue weighted by Crippen LogP contribution is 1.89. The average molecular weight is 188 g/mol. The highest BCUT2D eigenvalue weighted by molar-refractivity contribution is 5.81. The van der Waals surface area contributed by atoms with Crippen LogP contribution in [0.2, 0.25) is 0 Å². The first-order valence-electron chi connectivity index (χ1n) is 4.73. The second kappa shape index (κ2) is 6.86. The highest BCUT2D eigenvalue weighted by Gasteiger charge is 2.11. The van der Waals surface area contributed by atoms with Crippen LogP contribution in [0.4, 0.5) is 0 Å². The second-order valence-corrected chi connectivity index (χ2v) is 3.41. The third-order valence-corrected chi connectivity index (χ3v) is 1.48. The van der Waals surface area contributed by atoms with Crippen molar-refractivity contribution >= 4 is 5.91 Å². The van der Waals surface area contributed by atoms with Crippen molar-refractivity contribution in [2.24, 2.45) is 5.92 Å². The molecule has 0 aliphatic carbocycles. The lowest BCUT2D eigenvalue weighted by molar-refractivity contribution is -0.126. The normalized spacial score (nSPS) is 13.0. The number of amides is 1. The summed E-state index contributed by atoms with van der Waals surface area (Å²) in [5.74, 6) is 0.449. The molecule has 0 radical (unpaired) electrons. The molecule has 4 heteroatoms. The molecule has 0 saturated carbocycles. The lowest BCUT2D eigenvalue weighted by Gasteiger charge is -2.14. The highest BCUT2D eigenvalue weighted by atomic mass is 16.6. The number of hydrogen-bond donors (Lipinski definition) is 2. The van der Waals surface area contributed by atoms with E-state index in [9.17, 15) is 4.79 Å². The minimum Gasteiger partial charge on any atom is -0.354 e. The summed E-state index contributed by atoms with van der Waals surface area (Å²) >= 11 is 0. The van der Waals surface area contributed by atoms with Gasteiger partial charge in [0.05, 0.1) is 6.61 Å². The molecule has 0 fully saturated rings. The summed E-state index contributed by atoms with van der Waals surface area (Å²) in [7, 11) is 0. The molecule has 4 nitrogen and oxygen atoms in total. The van der Waals surface area contributed by atoms with E-state index >= 15 is 0 Å². The van der Waals surface area contributed by atoms with E-state index in [-0.39, 0.29) is 11.9 Å². The smallest absolute Gasteiger partial charge is 0.239 e. The molecular formula is C9H20N2O2. The van der Waals surface area contributed by atoms with E-state index in [1.165, 1.54) is 0 Å². The van der Waals surface area contributed by atoms with Crippen molar-refractivity contribution in [3.8, 4) is 0 Å². The first-order chi connectivity index (χ1) is 6.07. The maximum absolute atomic E-state index is 11.3. The van der Waals surface area contributed by atoms with Crippen LogP contribution in [0.25, 0.3) is 0 Å². The first kappa shape index (κ1) is 12.4. The summed E-state index contributed by atoms with van der Waals surface area (Å²) in [6, 6.07) is -0.293. The second-order valence-electron chi connectivity index (χ2n) is 3.41. The standard InChI is InChI=1S/C9H20N2O2/c1-5-13-11-8(4)9(12)10-6-7(2)3/h7-8,11H,5-6H2,1-4H3,(H,10,12). The Morgan fingerprint density at radius 3 is 2.46 bits per heavy atom. The molecule has 2 N–H and O–H groups in total. The van der Waals surface area contributed by atoms with E-state index in [2.05, 4.69) is 24.6 Å². The van der Waals surface area contributed by atoms with Crippen molar-refractivity contribution in [2.75, 3.05) is 13.2 Å². The van der Waals surface area contributed by atoms with Gasteiger partial charge in [0, 0.05) is 6.54 Å². The number of nitrogens with one attached hydrogen (secondary N) is 2. The molecule has 0 aromatic rings. The van der Waals surface area contributed by atoms with Gasteiger partial charge in [0.25, 0.3) is 0 Å². The molecule has 0 aromatic heterocycles. The number of hydroxylamine groups is 1. The van der Waals surface area contributed by atoms with Crippen LogP contribution >= 0.6 is 0 Å². The molecule has 0 saturated heterocycles. The van der Waals surface area contributed by atoms with Crippen molar-refractivity contribution in [2.45, 2.75) is 33.7 Å². The summed E-state index contributed by atoms with van der Waals surface area (Å²) < 4.78 is 0. The van der Waals surface area contributed by atoms with E-state index in [0.29, 0.717) is 19.1 Å². The third-order valence-electron chi connectivity index (χ3n) is 1.48. The van der Waals surface area contributed by atoms with E-state index in [0.717, 1.165) is 0 Å². The number of hydrogen-bond acceptors (Lipinski definition) is 3. The van der Waals surface area contributed by atoms with Crippen LogP contribution < -0.4 is 10.8 Å². The van der Waals surface area contributed by atoms with Crippen LogP contribution in [0.1, 0.15) is 27.7 Å².